The molecule has 0 aliphatic carbocycles. The van der Waals surface area contributed by atoms with Gasteiger partial charge in [0.05, 0.1) is 13.0 Å². The number of benzene rings is 2. The van der Waals surface area contributed by atoms with E-state index in [0.29, 0.717) is 26.1 Å². The highest BCUT2D eigenvalue weighted by Crippen LogP contribution is 2.19. The average molecular weight is 380 g/mol. The van der Waals surface area contributed by atoms with E-state index in [2.05, 4.69) is 17.4 Å². The predicted octanol–water partition coefficient (Wildman–Crippen LogP) is 2.84. The largest absolute Gasteiger partial charge is 0.497 e. The summed E-state index contributed by atoms with van der Waals surface area (Å²) in [5.74, 6) is 0.649. The molecule has 1 heterocycles. The van der Waals surface area contributed by atoms with Crippen molar-refractivity contribution < 1.29 is 14.3 Å². The van der Waals surface area contributed by atoms with Crippen molar-refractivity contribution in [1.82, 2.24) is 10.2 Å². The van der Waals surface area contributed by atoms with Crippen molar-refractivity contribution in [2.45, 2.75) is 25.7 Å². The van der Waals surface area contributed by atoms with Crippen LogP contribution in [0.25, 0.3) is 0 Å². The predicted molar refractivity (Wildman–Crippen MR) is 109 cm³/mol. The highest BCUT2D eigenvalue weighted by Gasteiger charge is 2.33. The first-order valence-electron chi connectivity index (χ1n) is 9.88. The van der Waals surface area contributed by atoms with E-state index < -0.39 is 0 Å². The molecule has 148 valence electrons. The van der Waals surface area contributed by atoms with Crippen molar-refractivity contribution in [3.05, 3.63) is 65.7 Å². The van der Waals surface area contributed by atoms with E-state index in [1.165, 1.54) is 5.56 Å². The zero-order valence-corrected chi connectivity index (χ0v) is 16.4. The van der Waals surface area contributed by atoms with Gasteiger partial charge in [-0.05, 0) is 42.5 Å². The molecule has 1 fully saturated rings. The van der Waals surface area contributed by atoms with Crippen molar-refractivity contribution >= 4 is 11.8 Å². The number of carbonyl (C=O) groups excluding carboxylic acids is 2. The number of hydrogen-bond donors (Lipinski definition) is 1. The molecule has 28 heavy (non-hydrogen) atoms. The van der Waals surface area contributed by atoms with Crippen molar-refractivity contribution in [3.8, 4) is 5.75 Å². The summed E-state index contributed by atoms with van der Waals surface area (Å²) in [6, 6.07) is 18.1. The zero-order valence-electron chi connectivity index (χ0n) is 16.4. The lowest BCUT2D eigenvalue weighted by molar-refractivity contribution is -0.129. The van der Waals surface area contributed by atoms with Crippen LogP contribution >= 0.6 is 0 Å². The fourth-order valence-electron chi connectivity index (χ4n) is 3.51. The van der Waals surface area contributed by atoms with Gasteiger partial charge in [0.25, 0.3) is 0 Å². The Morgan fingerprint density at radius 1 is 1.07 bits per heavy atom. The van der Waals surface area contributed by atoms with Gasteiger partial charge >= 0.3 is 0 Å². The second kappa shape index (κ2) is 9.93. The first-order chi connectivity index (χ1) is 13.7. The van der Waals surface area contributed by atoms with E-state index in [9.17, 15) is 9.59 Å². The van der Waals surface area contributed by atoms with Crippen LogP contribution in [-0.2, 0) is 22.4 Å². The molecular weight excluding hydrogens is 352 g/mol. The minimum atomic E-state index is -0.236. The van der Waals surface area contributed by atoms with Gasteiger partial charge in [-0.1, -0.05) is 42.5 Å². The van der Waals surface area contributed by atoms with E-state index in [4.69, 9.17) is 4.74 Å². The van der Waals surface area contributed by atoms with E-state index in [1.54, 1.807) is 12.0 Å². The molecule has 1 saturated heterocycles. The normalized spacial score (nSPS) is 16.2. The number of hydrogen-bond acceptors (Lipinski definition) is 3. The summed E-state index contributed by atoms with van der Waals surface area (Å²) in [5, 5.41) is 2.99. The zero-order chi connectivity index (χ0) is 19.8. The van der Waals surface area contributed by atoms with Crippen molar-refractivity contribution in [1.29, 1.82) is 0 Å². The SMILES string of the molecule is COc1ccc(CCN2CC(C(=O)NCCCc3ccccc3)CC2=O)cc1. The maximum Gasteiger partial charge on any atom is 0.225 e. The molecule has 5 heteroatoms. The number of ether oxygens (including phenoxy) is 1. The highest BCUT2D eigenvalue weighted by atomic mass is 16.5. The van der Waals surface area contributed by atoms with Gasteiger partial charge in [-0.15, -0.1) is 0 Å². The first kappa shape index (κ1) is 19.9. The fourth-order valence-corrected chi connectivity index (χ4v) is 3.51. The third kappa shape index (κ3) is 5.59. The van der Waals surface area contributed by atoms with E-state index in [-0.39, 0.29) is 17.7 Å². The molecule has 0 radical (unpaired) electrons. The molecule has 5 nitrogen and oxygen atoms in total. The number of likely N-dealkylation sites (tertiary alicyclic amines) is 1. The molecule has 2 aromatic rings. The summed E-state index contributed by atoms with van der Waals surface area (Å²) in [4.78, 5) is 26.4. The molecule has 0 spiro atoms. The summed E-state index contributed by atoms with van der Waals surface area (Å²) in [6.45, 7) is 1.80. The molecule has 2 amide bonds. The molecule has 0 aromatic heterocycles. The number of nitrogens with one attached hydrogen (secondary N) is 1. The molecule has 1 atom stereocenters. The number of amides is 2. The first-order valence-corrected chi connectivity index (χ1v) is 9.88. The number of aryl methyl sites for hydroxylation is 1. The smallest absolute Gasteiger partial charge is 0.225 e. The lowest BCUT2D eigenvalue weighted by atomic mass is 10.1. The summed E-state index contributed by atoms with van der Waals surface area (Å²) < 4.78 is 5.16. The number of carbonyl (C=O) groups is 2. The van der Waals surface area contributed by atoms with Crippen LogP contribution in [0.1, 0.15) is 24.0 Å². The number of rotatable bonds is 9. The molecule has 2 aromatic carbocycles. The van der Waals surface area contributed by atoms with Crippen LogP contribution in [0.4, 0.5) is 0 Å². The molecule has 0 saturated carbocycles. The van der Waals surface area contributed by atoms with Crippen molar-refractivity contribution in [3.63, 3.8) is 0 Å². The Hall–Kier alpha value is -2.82. The number of nitrogens with zero attached hydrogens (tertiary/aromatic N) is 1. The van der Waals surface area contributed by atoms with Crippen LogP contribution in [-0.4, -0.2) is 43.5 Å². The molecule has 1 unspecified atom stereocenters. The van der Waals surface area contributed by atoms with Crippen LogP contribution in [0.15, 0.2) is 54.6 Å². The Kier molecular flexibility index (Phi) is 7.06. The maximum atomic E-state index is 12.4. The minimum Gasteiger partial charge on any atom is -0.497 e. The Bertz CT molecular complexity index is 774. The van der Waals surface area contributed by atoms with Crippen LogP contribution in [0.3, 0.4) is 0 Å². The van der Waals surface area contributed by atoms with Gasteiger partial charge in [-0.2, -0.15) is 0 Å². The summed E-state index contributed by atoms with van der Waals surface area (Å²) >= 11 is 0. The van der Waals surface area contributed by atoms with Gasteiger partial charge in [0, 0.05) is 26.1 Å². The minimum absolute atomic E-state index is 0.00615. The quantitative estimate of drug-likeness (QED) is 0.681. The summed E-state index contributed by atoms with van der Waals surface area (Å²) in [6.07, 6.45) is 2.94. The molecule has 0 bridgehead atoms. The van der Waals surface area contributed by atoms with Crippen molar-refractivity contribution in [2.75, 3.05) is 26.7 Å². The fraction of sp³-hybridized carbons (Fsp3) is 0.391. The van der Waals surface area contributed by atoms with Gasteiger partial charge in [0.1, 0.15) is 5.75 Å². The van der Waals surface area contributed by atoms with Crippen LogP contribution in [0, 0.1) is 5.92 Å². The van der Waals surface area contributed by atoms with Crippen molar-refractivity contribution in [2.24, 2.45) is 5.92 Å². The molecule has 1 aliphatic rings. The lowest BCUT2D eigenvalue weighted by Gasteiger charge is -2.16. The third-order valence-corrected chi connectivity index (χ3v) is 5.20. The van der Waals surface area contributed by atoms with Crippen LogP contribution < -0.4 is 10.1 Å². The van der Waals surface area contributed by atoms with Gasteiger partial charge in [0.15, 0.2) is 0 Å². The summed E-state index contributed by atoms with van der Waals surface area (Å²) in [5.41, 5.74) is 2.43. The molecule has 1 N–H and O–H groups in total. The average Bonchev–Trinajstić information content (AvgIpc) is 3.11. The standard InChI is InChI=1S/C23H28N2O3/c1-28-21-11-9-19(10-12-21)13-15-25-17-20(16-22(25)26)23(27)24-14-5-8-18-6-3-2-4-7-18/h2-4,6-7,9-12,20H,5,8,13-17H2,1H3,(H,24,27). The maximum absolute atomic E-state index is 12.4. The van der Waals surface area contributed by atoms with Crippen LogP contribution in [0.5, 0.6) is 5.75 Å². The van der Waals surface area contributed by atoms with Gasteiger partial charge in [0.2, 0.25) is 11.8 Å². The Morgan fingerprint density at radius 2 is 1.79 bits per heavy atom. The topological polar surface area (TPSA) is 58.6 Å². The molecular formula is C23H28N2O3. The lowest BCUT2D eigenvalue weighted by Crippen LogP contribution is -2.34. The highest BCUT2D eigenvalue weighted by molar-refractivity contribution is 5.89. The van der Waals surface area contributed by atoms with Gasteiger partial charge < -0.3 is 15.0 Å². The van der Waals surface area contributed by atoms with Gasteiger partial charge in [-0.25, -0.2) is 0 Å². The van der Waals surface area contributed by atoms with E-state index >= 15 is 0 Å². The Morgan fingerprint density at radius 3 is 2.50 bits per heavy atom. The van der Waals surface area contributed by atoms with E-state index in [1.807, 2.05) is 42.5 Å². The summed E-state index contributed by atoms with van der Waals surface area (Å²) in [7, 11) is 1.64. The van der Waals surface area contributed by atoms with E-state index in [0.717, 1.165) is 30.6 Å². The Balaban J connectivity index is 1.38. The Labute approximate surface area is 166 Å². The van der Waals surface area contributed by atoms with Gasteiger partial charge in [-0.3, -0.25) is 9.59 Å². The second-order valence-electron chi connectivity index (χ2n) is 7.22. The third-order valence-electron chi connectivity index (χ3n) is 5.20. The molecule has 1 aliphatic heterocycles. The molecule has 3 rings (SSSR count). The van der Waals surface area contributed by atoms with Crippen LogP contribution in [0.2, 0.25) is 0 Å². The second-order valence-corrected chi connectivity index (χ2v) is 7.22. The number of methoxy groups -OCH3 is 1. The monoisotopic (exact) mass is 380 g/mol.